The Kier molecular flexibility index (Phi) is 6.87. The van der Waals surface area contributed by atoms with Crippen LogP contribution in [-0.2, 0) is 4.74 Å². The lowest BCUT2D eigenvalue weighted by atomic mass is 9.96. The van der Waals surface area contributed by atoms with Gasteiger partial charge in [0.25, 0.3) is 0 Å². The monoisotopic (exact) mass is 322 g/mol. The highest BCUT2D eigenvalue weighted by molar-refractivity contribution is 4.81. The SMILES string of the molecule is C=CC1CCC[N+](C)(CCOCC[N+]2(C)CCCC(C=C)C2)C1. The zero-order chi connectivity index (χ0) is 16.8. The Morgan fingerprint density at radius 2 is 1.30 bits per heavy atom. The van der Waals surface area contributed by atoms with Crippen LogP contribution in [0.2, 0.25) is 0 Å². The maximum atomic E-state index is 6.02. The number of quaternary nitrogens is 2. The molecule has 2 fully saturated rings. The molecule has 0 spiro atoms. The number of likely N-dealkylation sites (tertiary alicyclic amines) is 2. The third-order valence-electron chi connectivity index (χ3n) is 6.11. The number of piperidine rings is 2. The first-order valence-corrected chi connectivity index (χ1v) is 9.49. The van der Waals surface area contributed by atoms with Crippen LogP contribution in [-0.4, -0.2) is 75.5 Å². The van der Waals surface area contributed by atoms with Crippen LogP contribution < -0.4 is 0 Å². The van der Waals surface area contributed by atoms with Gasteiger partial charge in [-0.15, -0.1) is 13.2 Å². The molecule has 0 aromatic heterocycles. The van der Waals surface area contributed by atoms with E-state index >= 15 is 0 Å². The standard InChI is InChI=1S/C20H38N2O/c1-5-19-9-7-11-21(3,17-19)13-15-23-16-14-22(4)12-8-10-20(6-2)18-22/h5-6,19-20H,1-2,7-18H2,3-4H3/q+2. The van der Waals surface area contributed by atoms with E-state index in [0.29, 0.717) is 11.8 Å². The summed E-state index contributed by atoms with van der Waals surface area (Å²) in [5.41, 5.74) is 0. The Hall–Kier alpha value is -0.640. The van der Waals surface area contributed by atoms with Gasteiger partial charge in [-0.3, -0.25) is 0 Å². The molecular weight excluding hydrogens is 284 g/mol. The Balaban J connectivity index is 1.65. The molecule has 2 heterocycles. The van der Waals surface area contributed by atoms with Crippen LogP contribution in [0.4, 0.5) is 0 Å². The summed E-state index contributed by atoms with van der Waals surface area (Å²) in [5, 5.41) is 0. The molecule has 3 heteroatoms. The molecule has 0 aliphatic carbocycles. The Labute approximate surface area is 143 Å². The second-order valence-electron chi connectivity index (χ2n) is 8.39. The number of rotatable bonds is 8. The fraction of sp³-hybridized carbons (Fsp3) is 0.800. The largest absolute Gasteiger partial charge is 0.370 e. The van der Waals surface area contributed by atoms with Crippen molar-refractivity contribution >= 4 is 0 Å². The van der Waals surface area contributed by atoms with Crippen LogP contribution in [0, 0.1) is 11.8 Å². The van der Waals surface area contributed by atoms with Gasteiger partial charge in [0, 0.05) is 11.8 Å². The van der Waals surface area contributed by atoms with Crippen molar-refractivity contribution in [2.24, 2.45) is 11.8 Å². The van der Waals surface area contributed by atoms with Crippen molar-refractivity contribution in [2.75, 3.05) is 66.6 Å². The molecule has 2 rings (SSSR count). The lowest BCUT2D eigenvalue weighted by Gasteiger charge is -2.41. The highest BCUT2D eigenvalue weighted by Gasteiger charge is 2.31. The molecule has 2 aliphatic rings. The van der Waals surface area contributed by atoms with Gasteiger partial charge in [-0.1, -0.05) is 12.2 Å². The maximum Gasteiger partial charge on any atom is 0.102 e. The number of nitrogens with zero attached hydrogens (tertiary/aromatic N) is 2. The van der Waals surface area contributed by atoms with Crippen molar-refractivity contribution in [2.45, 2.75) is 25.7 Å². The van der Waals surface area contributed by atoms with Gasteiger partial charge in [-0.25, -0.2) is 0 Å². The van der Waals surface area contributed by atoms with Gasteiger partial charge in [0.15, 0.2) is 0 Å². The molecule has 0 radical (unpaired) electrons. The van der Waals surface area contributed by atoms with Crippen molar-refractivity contribution in [3.05, 3.63) is 25.3 Å². The summed E-state index contributed by atoms with van der Waals surface area (Å²) in [6, 6.07) is 0. The Bertz CT molecular complexity index is 361. The van der Waals surface area contributed by atoms with E-state index in [2.05, 4.69) is 39.4 Å². The Morgan fingerprint density at radius 1 is 0.870 bits per heavy atom. The maximum absolute atomic E-state index is 6.02. The lowest BCUT2D eigenvalue weighted by molar-refractivity contribution is -0.920. The second kappa shape index (κ2) is 8.46. The first-order chi connectivity index (χ1) is 11.0. The molecular formula is C20H38N2O+2. The number of hydrogen-bond donors (Lipinski definition) is 0. The number of likely N-dealkylation sites (N-methyl/N-ethyl adjacent to an activating group) is 2. The van der Waals surface area contributed by atoms with Crippen LogP contribution in [0.15, 0.2) is 25.3 Å². The van der Waals surface area contributed by atoms with Crippen LogP contribution in [0.5, 0.6) is 0 Å². The minimum atomic E-state index is 0.697. The fourth-order valence-corrected chi connectivity index (χ4v) is 4.43. The predicted molar refractivity (Wildman–Crippen MR) is 98.2 cm³/mol. The van der Waals surface area contributed by atoms with Crippen molar-refractivity contribution in [1.29, 1.82) is 0 Å². The van der Waals surface area contributed by atoms with Gasteiger partial charge in [-0.2, -0.15) is 0 Å². The first kappa shape index (κ1) is 18.7. The fourth-order valence-electron chi connectivity index (χ4n) is 4.43. The summed E-state index contributed by atoms with van der Waals surface area (Å²) in [5.74, 6) is 1.39. The van der Waals surface area contributed by atoms with Gasteiger partial charge < -0.3 is 13.7 Å². The first-order valence-electron chi connectivity index (χ1n) is 9.49. The van der Waals surface area contributed by atoms with Crippen LogP contribution in [0.25, 0.3) is 0 Å². The molecule has 0 N–H and O–H groups in total. The van der Waals surface area contributed by atoms with Gasteiger partial charge in [0.1, 0.15) is 13.1 Å². The van der Waals surface area contributed by atoms with Crippen molar-refractivity contribution in [1.82, 2.24) is 0 Å². The summed E-state index contributed by atoms with van der Waals surface area (Å²) in [4.78, 5) is 0. The number of ether oxygens (including phenoxy) is 1. The zero-order valence-corrected chi connectivity index (χ0v) is 15.5. The smallest absolute Gasteiger partial charge is 0.102 e. The molecule has 0 amide bonds. The van der Waals surface area contributed by atoms with Crippen molar-refractivity contribution < 1.29 is 13.7 Å². The molecule has 0 aromatic carbocycles. The number of hydrogen-bond acceptors (Lipinski definition) is 1. The minimum absolute atomic E-state index is 0.697. The molecule has 23 heavy (non-hydrogen) atoms. The zero-order valence-electron chi connectivity index (χ0n) is 15.5. The molecule has 4 unspecified atom stereocenters. The van der Waals surface area contributed by atoms with E-state index in [1.165, 1.54) is 51.9 Å². The normalized spacial score (nSPS) is 38.2. The van der Waals surface area contributed by atoms with Crippen molar-refractivity contribution in [3.8, 4) is 0 Å². The molecule has 0 aromatic rings. The van der Waals surface area contributed by atoms with Gasteiger partial charge >= 0.3 is 0 Å². The van der Waals surface area contributed by atoms with E-state index in [4.69, 9.17) is 4.74 Å². The molecule has 2 aliphatic heterocycles. The molecule has 2 saturated heterocycles. The third-order valence-corrected chi connectivity index (χ3v) is 6.11. The summed E-state index contributed by atoms with van der Waals surface area (Å²) >= 11 is 0. The topological polar surface area (TPSA) is 9.23 Å². The highest BCUT2D eigenvalue weighted by atomic mass is 16.5. The van der Waals surface area contributed by atoms with Gasteiger partial charge in [0.05, 0.1) is 53.5 Å². The quantitative estimate of drug-likeness (QED) is 0.379. The van der Waals surface area contributed by atoms with Gasteiger partial charge in [-0.05, 0) is 25.7 Å². The van der Waals surface area contributed by atoms with E-state index in [1.54, 1.807) is 0 Å². The molecule has 4 atom stereocenters. The van der Waals surface area contributed by atoms with E-state index in [-0.39, 0.29) is 0 Å². The van der Waals surface area contributed by atoms with E-state index < -0.39 is 0 Å². The van der Waals surface area contributed by atoms with E-state index in [1.807, 2.05) is 0 Å². The lowest BCUT2D eigenvalue weighted by Crippen LogP contribution is -2.53. The van der Waals surface area contributed by atoms with E-state index in [0.717, 1.165) is 35.3 Å². The summed E-state index contributed by atoms with van der Waals surface area (Å²) in [7, 11) is 4.76. The molecule has 132 valence electrons. The summed E-state index contributed by atoms with van der Waals surface area (Å²) in [6.07, 6.45) is 9.58. The van der Waals surface area contributed by atoms with Crippen LogP contribution in [0.3, 0.4) is 0 Å². The third kappa shape index (κ3) is 5.74. The Morgan fingerprint density at radius 3 is 1.70 bits per heavy atom. The average molecular weight is 323 g/mol. The highest BCUT2D eigenvalue weighted by Crippen LogP contribution is 2.23. The average Bonchev–Trinajstić information content (AvgIpc) is 2.54. The molecule has 3 nitrogen and oxygen atoms in total. The minimum Gasteiger partial charge on any atom is -0.370 e. The van der Waals surface area contributed by atoms with Gasteiger partial charge in [0.2, 0.25) is 0 Å². The van der Waals surface area contributed by atoms with Crippen LogP contribution in [0.1, 0.15) is 25.7 Å². The summed E-state index contributed by atoms with van der Waals surface area (Å²) < 4.78 is 8.33. The molecule has 0 bridgehead atoms. The predicted octanol–water partition coefficient (Wildman–Crippen LogP) is 3.09. The second-order valence-corrected chi connectivity index (χ2v) is 8.39. The molecule has 0 saturated carbocycles. The van der Waals surface area contributed by atoms with E-state index in [9.17, 15) is 0 Å². The van der Waals surface area contributed by atoms with Crippen LogP contribution >= 0.6 is 0 Å². The summed E-state index contributed by atoms with van der Waals surface area (Å²) in [6.45, 7) is 17.1. The van der Waals surface area contributed by atoms with Crippen molar-refractivity contribution in [3.63, 3.8) is 0 Å².